The largest absolute Gasteiger partial charge is 0.355 e. The molecule has 1 aromatic heterocycles. The van der Waals surface area contributed by atoms with Gasteiger partial charge in [-0.15, -0.1) is 11.3 Å². The highest BCUT2D eigenvalue weighted by atomic mass is 32.2. The first-order valence-corrected chi connectivity index (χ1v) is 12.2. The third-order valence-electron chi connectivity index (χ3n) is 5.29. The highest BCUT2D eigenvalue weighted by Gasteiger charge is 2.29. The molecular formula is C21H24N4O3S2. The Balaban J connectivity index is 1.30. The quantitative estimate of drug-likeness (QED) is 0.582. The number of carbonyl (C=O) groups excluding carboxylic acids is 1. The van der Waals surface area contributed by atoms with Crippen LogP contribution in [-0.2, 0) is 21.2 Å². The second-order valence-electron chi connectivity index (χ2n) is 7.44. The van der Waals surface area contributed by atoms with Gasteiger partial charge in [0.25, 0.3) is 0 Å². The molecule has 4 rings (SSSR count). The summed E-state index contributed by atoms with van der Waals surface area (Å²) >= 11 is 1.71. The number of amides is 1. The summed E-state index contributed by atoms with van der Waals surface area (Å²) in [7, 11) is -3.68. The lowest BCUT2D eigenvalue weighted by Crippen LogP contribution is -2.37. The Labute approximate surface area is 180 Å². The number of sulfonamides is 1. The molecular weight excluding hydrogens is 420 g/mol. The Morgan fingerprint density at radius 1 is 1.20 bits per heavy atom. The lowest BCUT2D eigenvalue weighted by atomic mass is 10.1. The van der Waals surface area contributed by atoms with Crippen LogP contribution in [0.25, 0.3) is 10.2 Å². The first-order valence-electron chi connectivity index (χ1n) is 9.88. The minimum Gasteiger partial charge on any atom is -0.355 e. The van der Waals surface area contributed by atoms with E-state index in [0.717, 1.165) is 35.5 Å². The molecule has 1 fully saturated rings. The van der Waals surface area contributed by atoms with Crippen molar-refractivity contribution in [3.8, 4) is 0 Å². The molecule has 158 valence electrons. The fourth-order valence-electron chi connectivity index (χ4n) is 3.76. The van der Waals surface area contributed by atoms with Crippen LogP contribution in [0, 0.1) is 0 Å². The van der Waals surface area contributed by atoms with E-state index in [-0.39, 0.29) is 16.8 Å². The Hall–Kier alpha value is -2.33. The van der Waals surface area contributed by atoms with Gasteiger partial charge in [-0.2, -0.15) is 0 Å². The SMILES string of the molecule is NS(=O)(=O)c1ccc(CCNC(=O)CN2CCC[C@H]2c2nc3ccccc3s2)cc1. The molecule has 0 saturated carbocycles. The number of hydrogen-bond donors (Lipinski definition) is 2. The maximum atomic E-state index is 12.5. The first-order chi connectivity index (χ1) is 14.4. The molecule has 30 heavy (non-hydrogen) atoms. The van der Waals surface area contributed by atoms with Gasteiger partial charge >= 0.3 is 0 Å². The molecule has 9 heteroatoms. The number of aromatic nitrogens is 1. The molecule has 1 aliphatic rings. The second kappa shape index (κ2) is 8.81. The van der Waals surface area contributed by atoms with Gasteiger partial charge in [-0.3, -0.25) is 9.69 Å². The lowest BCUT2D eigenvalue weighted by molar-refractivity contribution is -0.122. The molecule has 3 N–H and O–H groups in total. The molecule has 0 radical (unpaired) electrons. The van der Waals surface area contributed by atoms with Crippen molar-refractivity contribution in [1.29, 1.82) is 0 Å². The van der Waals surface area contributed by atoms with Crippen LogP contribution >= 0.6 is 11.3 Å². The summed E-state index contributed by atoms with van der Waals surface area (Å²) in [6.07, 6.45) is 2.70. The van der Waals surface area contributed by atoms with Crippen LogP contribution in [0.3, 0.4) is 0 Å². The smallest absolute Gasteiger partial charge is 0.238 e. The third kappa shape index (κ3) is 4.86. The number of benzene rings is 2. The van der Waals surface area contributed by atoms with Crippen LogP contribution in [0.15, 0.2) is 53.4 Å². The van der Waals surface area contributed by atoms with Crippen molar-refractivity contribution in [2.45, 2.75) is 30.2 Å². The molecule has 0 spiro atoms. The molecule has 0 aliphatic carbocycles. The van der Waals surface area contributed by atoms with Crippen molar-refractivity contribution in [1.82, 2.24) is 15.2 Å². The monoisotopic (exact) mass is 444 g/mol. The number of nitrogens with one attached hydrogen (secondary N) is 1. The molecule has 2 aromatic carbocycles. The summed E-state index contributed by atoms with van der Waals surface area (Å²) in [6, 6.07) is 14.7. The first kappa shape index (κ1) is 20.9. The molecule has 1 atom stereocenters. The van der Waals surface area contributed by atoms with Gasteiger partial charge in [0.15, 0.2) is 0 Å². The molecule has 0 unspecified atom stereocenters. The van der Waals surface area contributed by atoms with Crippen LogP contribution in [0.4, 0.5) is 0 Å². The molecule has 1 saturated heterocycles. The predicted octanol–water partition coefficient (Wildman–Crippen LogP) is 2.44. The number of para-hydroxylation sites is 1. The van der Waals surface area contributed by atoms with Crippen molar-refractivity contribution in [2.75, 3.05) is 19.6 Å². The average Bonchev–Trinajstić information content (AvgIpc) is 3.34. The van der Waals surface area contributed by atoms with Crippen molar-refractivity contribution < 1.29 is 13.2 Å². The van der Waals surface area contributed by atoms with E-state index in [1.54, 1.807) is 23.5 Å². The molecule has 1 amide bonds. The van der Waals surface area contributed by atoms with Crippen LogP contribution in [0.1, 0.15) is 29.5 Å². The number of rotatable bonds is 7. The van der Waals surface area contributed by atoms with Crippen molar-refractivity contribution >= 4 is 37.5 Å². The van der Waals surface area contributed by atoms with E-state index < -0.39 is 10.0 Å². The number of hydrogen-bond acceptors (Lipinski definition) is 6. The highest BCUT2D eigenvalue weighted by molar-refractivity contribution is 7.89. The van der Waals surface area contributed by atoms with Crippen molar-refractivity contribution in [3.63, 3.8) is 0 Å². The van der Waals surface area contributed by atoms with Gasteiger partial charge in [-0.1, -0.05) is 24.3 Å². The maximum Gasteiger partial charge on any atom is 0.238 e. The van der Waals surface area contributed by atoms with E-state index in [4.69, 9.17) is 10.1 Å². The van der Waals surface area contributed by atoms with Crippen LogP contribution in [-0.4, -0.2) is 43.8 Å². The Morgan fingerprint density at radius 2 is 1.97 bits per heavy atom. The van der Waals surface area contributed by atoms with Gasteiger partial charge in [-0.25, -0.2) is 18.5 Å². The van der Waals surface area contributed by atoms with E-state index in [9.17, 15) is 13.2 Å². The standard InChI is InChI=1S/C21H24N4O3S2/c22-30(27,28)16-9-7-15(8-10-16)11-12-23-20(26)14-25-13-3-5-18(25)21-24-17-4-1-2-6-19(17)29-21/h1-2,4,6-10,18H,3,5,11-14H2,(H,23,26)(H2,22,27,28)/t18-/m0/s1. The number of nitrogens with zero attached hydrogens (tertiary/aromatic N) is 2. The van der Waals surface area contributed by atoms with E-state index >= 15 is 0 Å². The van der Waals surface area contributed by atoms with Gasteiger partial charge in [0, 0.05) is 6.54 Å². The van der Waals surface area contributed by atoms with E-state index in [1.165, 1.54) is 16.8 Å². The second-order valence-corrected chi connectivity index (χ2v) is 10.1. The van der Waals surface area contributed by atoms with Crippen LogP contribution in [0.2, 0.25) is 0 Å². The summed E-state index contributed by atoms with van der Waals surface area (Å²) in [5, 5.41) is 9.15. The fourth-order valence-corrected chi connectivity index (χ4v) is 5.41. The molecule has 1 aliphatic heterocycles. The number of carbonyl (C=O) groups is 1. The zero-order valence-corrected chi connectivity index (χ0v) is 18.1. The van der Waals surface area contributed by atoms with Gasteiger partial charge in [0.2, 0.25) is 15.9 Å². The summed E-state index contributed by atoms with van der Waals surface area (Å²) in [6.45, 7) is 1.74. The van der Waals surface area contributed by atoms with E-state index in [0.29, 0.717) is 19.5 Å². The topological polar surface area (TPSA) is 105 Å². The lowest BCUT2D eigenvalue weighted by Gasteiger charge is -2.22. The Morgan fingerprint density at radius 3 is 2.70 bits per heavy atom. The van der Waals surface area contributed by atoms with Crippen molar-refractivity contribution in [2.24, 2.45) is 5.14 Å². The summed E-state index contributed by atoms with van der Waals surface area (Å²) < 4.78 is 23.8. The number of primary sulfonamides is 1. The predicted molar refractivity (Wildman–Crippen MR) is 118 cm³/mol. The molecule has 2 heterocycles. The summed E-state index contributed by atoms with van der Waals surface area (Å²) in [5.74, 6) is -0.0100. The molecule has 3 aromatic rings. The van der Waals surface area contributed by atoms with E-state index in [2.05, 4.69) is 16.3 Å². The van der Waals surface area contributed by atoms with Crippen LogP contribution < -0.4 is 10.5 Å². The number of likely N-dealkylation sites (tertiary alicyclic amines) is 1. The fraction of sp³-hybridized carbons (Fsp3) is 0.333. The van der Waals surface area contributed by atoms with E-state index in [1.807, 2.05) is 18.2 Å². The summed E-state index contributed by atoms with van der Waals surface area (Å²) in [4.78, 5) is 19.5. The number of thiazole rings is 1. The minimum absolute atomic E-state index is 0.0100. The maximum absolute atomic E-state index is 12.5. The Kier molecular flexibility index (Phi) is 6.14. The Bertz CT molecular complexity index is 1110. The van der Waals surface area contributed by atoms with Crippen LogP contribution in [0.5, 0.6) is 0 Å². The zero-order chi connectivity index (χ0) is 21.1. The zero-order valence-electron chi connectivity index (χ0n) is 16.5. The summed E-state index contributed by atoms with van der Waals surface area (Å²) in [5.41, 5.74) is 1.96. The molecule has 7 nitrogen and oxygen atoms in total. The third-order valence-corrected chi connectivity index (χ3v) is 7.36. The van der Waals surface area contributed by atoms with Gasteiger partial charge < -0.3 is 5.32 Å². The highest BCUT2D eigenvalue weighted by Crippen LogP contribution is 2.36. The van der Waals surface area contributed by atoms with Gasteiger partial charge in [-0.05, 0) is 55.6 Å². The number of nitrogens with two attached hydrogens (primary N) is 1. The average molecular weight is 445 g/mol. The van der Waals surface area contributed by atoms with Gasteiger partial charge in [0.1, 0.15) is 5.01 Å². The normalized spacial score (nSPS) is 17.4. The number of fused-ring (bicyclic) bond motifs is 1. The van der Waals surface area contributed by atoms with Crippen molar-refractivity contribution in [3.05, 3.63) is 59.1 Å². The minimum atomic E-state index is -3.68. The molecule has 0 bridgehead atoms. The van der Waals surface area contributed by atoms with Gasteiger partial charge in [0.05, 0.1) is 27.7 Å².